The molecule has 2 N–H and O–H groups in total. The largest absolute Gasteiger partial charge is 0.507 e. The van der Waals surface area contributed by atoms with Crippen molar-refractivity contribution in [3.8, 4) is 5.75 Å². The molecule has 112 valence electrons. The van der Waals surface area contributed by atoms with E-state index in [1.165, 1.54) is 12.1 Å². The highest BCUT2D eigenvalue weighted by Gasteiger charge is 2.09. The summed E-state index contributed by atoms with van der Waals surface area (Å²) in [6, 6.07) is 10.5. The van der Waals surface area contributed by atoms with E-state index in [-0.39, 0.29) is 17.0 Å². The summed E-state index contributed by atoms with van der Waals surface area (Å²) < 4.78 is 0. The fourth-order valence-corrected chi connectivity index (χ4v) is 1.77. The first-order chi connectivity index (χ1) is 10.5. The van der Waals surface area contributed by atoms with Crippen molar-refractivity contribution in [2.45, 2.75) is 6.92 Å². The number of non-ortho nitro benzene ring substituents is 1. The third kappa shape index (κ3) is 3.66. The van der Waals surface area contributed by atoms with Gasteiger partial charge in [0, 0.05) is 23.3 Å². The highest BCUT2D eigenvalue weighted by molar-refractivity contribution is 5.95. The van der Waals surface area contributed by atoms with Crippen LogP contribution in [0.2, 0.25) is 0 Å². The molecule has 0 atom stereocenters. The van der Waals surface area contributed by atoms with Gasteiger partial charge in [-0.3, -0.25) is 14.9 Å². The van der Waals surface area contributed by atoms with Gasteiger partial charge >= 0.3 is 0 Å². The number of phenolic OH excluding ortho intramolecular Hbond substituents is 1. The maximum atomic E-state index is 11.9. The molecule has 0 heterocycles. The summed E-state index contributed by atoms with van der Waals surface area (Å²) in [6.07, 6.45) is 1.15. The maximum absolute atomic E-state index is 11.9. The summed E-state index contributed by atoms with van der Waals surface area (Å²) in [4.78, 5) is 21.9. The van der Waals surface area contributed by atoms with E-state index in [1.807, 2.05) is 13.0 Å². The minimum atomic E-state index is -0.581. The number of amides is 1. The molecule has 0 aliphatic carbocycles. The monoisotopic (exact) mass is 299 g/mol. The number of nitrogens with one attached hydrogen (secondary N) is 1. The van der Waals surface area contributed by atoms with Crippen LogP contribution in [0.25, 0.3) is 0 Å². The van der Waals surface area contributed by atoms with Gasteiger partial charge in [0.2, 0.25) is 0 Å². The van der Waals surface area contributed by atoms with Crippen LogP contribution >= 0.6 is 0 Å². The van der Waals surface area contributed by atoms with Crippen molar-refractivity contribution in [1.29, 1.82) is 0 Å². The van der Waals surface area contributed by atoms with Gasteiger partial charge in [-0.2, -0.15) is 5.10 Å². The summed E-state index contributed by atoms with van der Waals surface area (Å²) in [5.41, 5.74) is 3.64. The number of phenols is 1. The SMILES string of the molecule is Cc1cccc(C(=O)N/N=C\c2cc([N+](=O)[O-])ccc2O)c1. The summed E-state index contributed by atoms with van der Waals surface area (Å²) >= 11 is 0. The maximum Gasteiger partial charge on any atom is 0.271 e. The molecule has 0 bridgehead atoms. The van der Waals surface area contributed by atoms with Gasteiger partial charge in [0.05, 0.1) is 11.1 Å². The van der Waals surface area contributed by atoms with E-state index in [0.29, 0.717) is 5.56 Å². The lowest BCUT2D eigenvalue weighted by Crippen LogP contribution is -2.17. The Morgan fingerprint density at radius 1 is 1.32 bits per heavy atom. The van der Waals surface area contributed by atoms with E-state index in [1.54, 1.807) is 18.2 Å². The number of carbonyl (C=O) groups is 1. The summed E-state index contributed by atoms with van der Waals surface area (Å²) in [6.45, 7) is 1.86. The summed E-state index contributed by atoms with van der Waals surface area (Å²) in [7, 11) is 0. The first kappa shape index (κ1) is 15.2. The summed E-state index contributed by atoms with van der Waals surface area (Å²) in [5.74, 6) is -0.580. The highest BCUT2D eigenvalue weighted by atomic mass is 16.6. The number of benzene rings is 2. The van der Waals surface area contributed by atoms with Crippen LogP contribution in [-0.2, 0) is 0 Å². The molecule has 0 fully saturated rings. The van der Waals surface area contributed by atoms with Crippen LogP contribution in [-0.4, -0.2) is 22.2 Å². The molecule has 0 saturated carbocycles. The van der Waals surface area contributed by atoms with Crippen LogP contribution in [0.5, 0.6) is 5.75 Å². The van der Waals surface area contributed by atoms with E-state index in [4.69, 9.17) is 0 Å². The van der Waals surface area contributed by atoms with Crippen molar-refractivity contribution in [2.75, 3.05) is 0 Å². The molecule has 0 radical (unpaired) electrons. The molecule has 2 rings (SSSR count). The van der Waals surface area contributed by atoms with Crippen molar-refractivity contribution in [2.24, 2.45) is 5.10 Å². The van der Waals surface area contributed by atoms with Gasteiger partial charge in [-0.15, -0.1) is 0 Å². The van der Waals surface area contributed by atoms with Crippen LogP contribution < -0.4 is 5.43 Å². The van der Waals surface area contributed by atoms with Gasteiger partial charge < -0.3 is 5.11 Å². The molecule has 2 aromatic rings. The lowest BCUT2D eigenvalue weighted by atomic mass is 10.1. The second kappa shape index (κ2) is 6.49. The van der Waals surface area contributed by atoms with Crippen LogP contribution in [0.3, 0.4) is 0 Å². The Morgan fingerprint density at radius 2 is 2.09 bits per heavy atom. The molecule has 0 spiro atoms. The van der Waals surface area contributed by atoms with Gasteiger partial charge in [-0.05, 0) is 25.1 Å². The first-order valence-electron chi connectivity index (χ1n) is 6.35. The van der Waals surface area contributed by atoms with Crippen molar-refractivity contribution < 1.29 is 14.8 Å². The Kier molecular flexibility index (Phi) is 4.47. The Morgan fingerprint density at radius 3 is 2.77 bits per heavy atom. The smallest absolute Gasteiger partial charge is 0.271 e. The molecule has 1 amide bonds. The van der Waals surface area contributed by atoms with Gasteiger partial charge in [-0.25, -0.2) is 5.43 Å². The second-order valence-electron chi connectivity index (χ2n) is 4.57. The minimum absolute atomic E-state index is 0.138. The molecule has 0 aliphatic rings. The van der Waals surface area contributed by atoms with Crippen molar-refractivity contribution in [3.05, 3.63) is 69.3 Å². The zero-order chi connectivity index (χ0) is 16.1. The molecule has 2 aromatic carbocycles. The third-order valence-electron chi connectivity index (χ3n) is 2.87. The molecular formula is C15H13N3O4. The standard InChI is InChI=1S/C15H13N3O4/c1-10-3-2-4-11(7-10)15(20)17-16-9-12-8-13(18(21)22)5-6-14(12)19/h2-9,19H,1H3,(H,17,20)/b16-9-. The van der Waals surface area contributed by atoms with E-state index >= 15 is 0 Å². The van der Waals surface area contributed by atoms with Crippen LogP contribution in [0, 0.1) is 17.0 Å². The number of nitro groups is 1. The average Bonchev–Trinajstić information content (AvgIpc) is 2.48. The fourth-order valence-electron chi connectivity index (χ4n) is 1.77. The predicted octanol–water partition coefficient (Wildman–Crippen LogP) is 2.37. The van der Waals surface area contributed by atoms with Crippen molar-refractivity contribution >= 4 is 17.8 Å². The zero-order valence-corrected chi connectivity index (χ0v) is 11.7. The van der Waals surface area contributed by atoms with Gasteiger partial charge in [0.1, 0.15) is 5.75 Å². The van der Waals surface area contributed by atoms with E-state index in [9.17, 15) is 20.0 Å². The quantitative estimate of drug-likeness (QED) is 0.513. The van der Waals surface area contributed by atoms with Crippen molar-refractivity contribution in [3.63, 3.8) is 0 Å². The lowest BCUT2D eigenvalue weighted by Gasteiger charge is -2.01. The lowest BCUT2D eigenvalue weighted by molar-refractivity contribution is -0.384. The van der Waals surface area contributed by atoms with Gasteiger partial charge in [0.25, 0.3) is 11.6 Å². The topological polar surface area (TPSA) is 105 Å². The van der Waals surface area contributed by atoms with E-state index in [2.05, 4.69) is 10.5 Å². The molecule has 0 unspecified atom stereocenters. The normalized spacial score (nSPS) is 10.6. The number of hydrogen-bond donors (Lipinski definition) is 2. The average molecular weight is 299 g/mol. The predicted molar refractivity (Wildman–Crippen MR) is 81.0 cm³/mol. The molecule has 7 heteroatoms. The fraction of sp³-hybridized carbons (Fsp3) is 0.0667. The van der Waals surface area contributed by atoms with Gasteiger partial charge in [-0.1, -0.05) is 17.7 Å². The third-order valence-corrected chi connectivity index (χ3v) is 2.87. The van der Waals surface area contributed by atoms with E-state index < -0.39 is 10.8 Å². The highest BCUT2D eigenvalue weighted by Crippen LogP contribution is 2.21. The van der Waals surface area contributed by atoms with Crippen molar-refractivity contribution in [1.82, 2.24) is 5.43 Å². The van der Waals surface area contributed by atoms with Crippen LogP contribution in [0.4, 0.5) is 5.69 Å². The number of aryl methyl sites for hydroxylation is 1. The zero-order valence-electron chi connectivity index (χ0n) is 11.7. The Balaban J connectivity index is 2.11. The summed E-state index contributed by atoms with van der Waals surface area (Å²) in [5, 5.41) is 24.0. The number of rotatable bonds is 4. The van der Waals surface area contributed by atoms with Crippen LogP contribution in [0.1, 0.15) is 21.5 Å². The number of carbonyl (C=O) groups excluding carboxylic acids is 1. The Hall–Kier alpha value is -3.22. The molecule has 0 aliphatic heterocycles. The second-order valence-corrected chi connectivity index (χ2v) is 4.57. The van der Waals surface area contributed by atoms with Crippen LogP contribution in [0.15, 0.2) is 47.6 Å². The molecule has 0 aromatic heterocycles. The molecular weight excluding hydrogens is 286 g/mol. The van der Waals surface area contributed by atoms with Gasteiger partial charge in [0.15, 0.2) is 0 Å². The number of hydrogen-bond acceptors (Lipinski definition) is 5. The molecule has 0 saturated heterocycles. The first-order valence-corrected chi connectivity index (χ1v) is 6.35. The number of nitrogens with zero attached hydrogens (tertiary/aromatic N) is 2. The number of hydrazone groups is 1. The number of aromatic hydroxyl groups is 1. The molecule has 7 nitrogen and oxygen atoms in total. The Labute approximate surface area is 126 Å². The van der Waals surface area contributed by atoms with E-state index in [0.717, 1.165) is 17.8 Å². The Bertz CT molecular complexity index is 756. The minimum Gasteiger partial charge on any atom is -0.507 e. The number of nitro benzene ring substituents is 1. The molecule has 22 heavy (non-hydrogen) atoms.